The van der Waals surface area contributed by atoms with Crippen molar-refractivity contribution in [3.8, 4) is 0 Å². The van der Waals surface area contributed by atoms with Gasteiger partial charge in [-0.2, -0.15) is 37.5 Å². The molecule has 0 aromatic heterocycles. The van der Waals surface area contributed by atoms with E-state index in [1.54, 1.807) is 0 Å². The van der Waals surface area contributed by atoms with Gasteiger partial charge in [-0.25, -0.2) is 0 Å². The largest absolute Gasteiger partial charge is 3.00 e. The molecule has 0 nitrogen and oxygen atoms in total. The first-order valence-electron chi connectivity index (χ1n) is 4.26. The fraction of sp³-hybridized carbons (Fsp3) is 0.250. The summed E-state index contributed by atoms with van der Waals surface area (Å²) < 4.78 is 0. The van der Waals surface area contributed by atoms with Gasteiger partial charge in [-0.15, -0.1) is 18.6 Å². The molecule has 0 amide bonds. The molecule has 0 spiro atoms. The van der Waals surface area contributed by atoms with E-state index in [1.165, 1.54) is 6.42 Å². The van der Waals surface area contributed by atoms with E-state index < -0.39 is 0 Å². The molecule has 0 heterocycles. The topological polar surface area (TPSA) is 0 Å². The van der Waals surface area contributed by atoms with Crippen molar-refractivity contribution in [2.75, 3.05) is 0 Å². The van der Waals surface area contributed by atoms with Crippen molar-refractivity contribution in [2.45, 2.75) is 19.3 Å². The number of hydrogen-bond donors (Lipinski definition) is 0. The average Bonchev–Trinajstić information content (AvgIpc) is 2.08. The maximum absolute atomic E-state index is 3.72. The van der Waals surface area contributed by atoms with Gasteiger partial charge in [-0.05, 0) is 0 Å². The van der Waals surface area contributed by atoms with Crippen LogP contribution in [-0.4, -0.2) is 0 Å². The predicted molar refractivity (Wildman–Crippen MR) is 55.5 cm³/mol. The van der Waals surface area contributed by atoms with E-state index in [0.717, 1.165) is 18.4 Å². The Morgan fingerprint density at radius 2 is 1.38 bits per heavy atom. The van der Waals surface area contributed by atoms with E-state index in [4.69, 9.17) is 0 Å². The SMILES string of the molecule is [CH2-]CCC[CH2-].[CH2-]c1ccccc1.[Y+3]. The first kappa shape index (κ1) is 15.7. The zero-order chi connectivity index (χ0) is 9.23. The third-order valence-electron chi connectivity index (χ3n) is 1.34. The fourth-order valence-corrected chi connectivity index (χ4v) is 0.655. The van der Waals surface area contributed by atoms with Crippen molar-refractivity contribution in [1.29, 1.82) is 0 Å². The Hall–Kier alpha value is 0.194. The molecular weight excluding hydrogens is 233 g/mol. The van der Waals surface area contributed by atoms with Gasteiger partial charge >= 0.3 is 32.7 Å². The number of hydrogen-bond acceptors (Lipinski definition) is 0. The van der Waals surface area contributed by atoms with Gasteiger partial charge in [-0.3, -0.25) is 0 Å². The summed E-state index contributed by atoms with van der Waals surface area (Å²) in [4.78, 5) is 0. The number of rotatable bonds is 2. The van der Waals surface area contributed by atoms with Crippen LogP contribution in [0.15, 0.2) is 30.3 Å². The molecule has 68 valence electrons. The molecule has 1 heteroatoms. The molecule has 0 aliphatic carbocycles. The quantitative estimate of drug-likeness (QED) is 0.702. The molecule has 13 heavy (non-hydrogen) atoms. The monoisotopic (exact) mass is 250 g/mol. The molecule has 0 aliphatic heterocycles. The van der Waals surface area contributed by atoms with Crippen molar-refractivity contribution >= 4 is 0 Å². The number of benzene rings is 1. The van der Waals surface area contributed by atoms with E-state index in [1.807, 2.05) is 30.3 Å². The molecule has 1 rings (SSSR count). The van der Waals surface area contributed by atoms with Crippen LogP contribution < -0.4 is 0 Å². The van der Waals surface area contributed by atoms with Crippen molar-refractivity contribution in [3.63, 3.8) is 0 Å². The minimum atomic E-state index is 0. The van der Waals surface area contributed by atoms with Crippen LogP contribution in [0.3, 0.4) is 0 Å². The van der Waals surface area contributed by atoms with Crippen LogP contribution >= 0.6 is 0 Å². The zero-order valence-corrected chi connectivity index (χ0v) is 11.0. The van der Waals surface area contributed by atoms with Crippen LogP contribution in [0, 0.1) is 20.8 Å². The van der Waals surface area contributed by atoms with E-state index >= 15 is 0 Å². The molecule has 0 N–H and O–H groups in total. The van der Waals surface area contributed by atoms with Crippen molar-refractivity contribution in [3.05, 3.63) is 56.7 Å². The standard InChI is InChI=1S/C7H7.C5H10.Y/c1-7-5-3-2-4-6-7;1-3-5-4-2;/h2-6H,1H2;1-5H2;/q-1;-2;+3. The molecule has 1 aromatic rings. The summed E-state index contributed by atoms with van der Waals surface area (Å²) in [6.07, 6.45) is 3.23. The van der Waals surface area contributed by atoms with Gasteiger partial charge in [0.15, 0.2) is 0 Å². The molecule has 0 fully saturated rings. The third kappa shape index (κ3) is 12.2. The van der Waals surface area contributed by atoms with Crippen LogP contribution in [0.1, 0.15) is 24.8 Å². The fourth-order valence-electron chi connectivity index (χ4n) is 0.655. The van der Waals surface area contributed by atoms with Gasteiger partial charge in [0, 0.05) is 0 Å². The molecular formula is C12H17Y. The van der Waals surface area contributed by atoms with Crippen LogP contribution in [0.25, 0.3) is 0 Å². The second-order valence-corrected chi connectivity index (χ2v) is 2.55. The van der Waals surface area contributed by atoms with Crippen molar-refractivity contribution in [1.82, 2.24) is 0 Å². The molecule has 1 aromatic carbocycles. The molecule has 0 aliphatic rings. The maximum Gasteiger partial charge on any atom is 3.00 e. The zero-order valence-electron chi connectivity index (χ0n) is 8.21. The number of unbranched alkanes of at least 4 members (excludes halogenated alkanes) is 2. The minimum absolute atomic E-state index is 0. The third-order valence-corrected chi connectivity index (χ3v) is 1.34. The molecule has 0 saturated heterocycles. The van der Waals surface area contributed by atoms with Crippen molar-refractivity contribution < 1.29 is 32.7 Å². The van der Waals surface area contributed by atoms with Gasteiger partial charge in [0.1, 0.15) is 0 Å². The van der Waals surface area contributed by atoms with Gasteiger partial charge in [0.25, 0.3) is 0 Å². The minimum Gasteiger partial charge on any atom is -0.343 e. The van der Waals surface area contributed by atoms with Crippen LogP contribution in [-0.2, 0) is 32.7 Å². The Labute approximate surface area is 108 Å². The maximum atomic E-state index is 3.72. The second-order valence-electron chi connectivity index (χ2n) is 2.55. The second kappa shape index (κ2) is 12.2. The van der Waals surface area contributed by atoms with E-state index in [9.17, 15) is 0 Å². The van der Waals surface area contributed by atoms with E-state index in [2.05, 4.69) is 20.8 Å². The Balaban J connectivity index is 0. The molecule has 0 atom stereocenters. The summed E-state index contributed by atoms with van der Waals surface area (Å²) >= 11 is 0. The van der Waals surface area contributed by atoms with Crippen LogP contribution in [0.2, 0.25) is 0 Å². The smallest absolute Gasteiger partial charge is 0.343 e. The predicted octanol–water partition coefficient (Wildman–Crippen LogP) is 3.69. The first-order valence-corrected chi connectivity index (χ1v) is 4.26. The molecule has 0 radical (unpaired) electrons. The van der Waals surface area contributed by atoms with E-state index in [-0.39, 0.29) is 32.7 Å². The molecule has 0 saturated carbocycles. The Bertz CT molecular complexity index is 168. The van der Waals surface area contributed by atoms with E-state index in [0.29, 0.717) is 0 Å². The van der Waals surface area contributed by atoms with Gasteiger partial charge in [0.05, 0.1) is 0 Å². The van der Waals surface area contributed by atoms with Gasteiger partial charge < -0.3 is 13.8 Å². The Kier molecular flexibility index (Phi) is 14.7. The van der Waals surface area contributed by atoms with Crippen LogP contribution in [0.4, 0.5) is 0 Å². The summed E-state index contributed by atoms with van der Waals surface area (Å²) in [6, 6.07) is 9.87. The van der Waals surface area contributed by atoms with Crippen LogP contribution in [0.5, 0.6) is 0 Å². The average molecular weight is 250 g/mol. The van der Waals surface area contributed by atoms with Gasteiger partial charge in [-0.1, -0.05) is 6.07 Å². The normalized spacial score (nSPS) is 7.85. The van der Waals surface area contributed by atoms with Crippen molar-refractivity contribution in [2.24, 2.45) is 0 Å². The summed E-state index contributed by atoms with van der Waals surface area (Å²) in [7, 11) is 0. The Morgan fingerprint density at radius 1 is 0.923 bits per heavy atom. The summed E-state index contributed by atoms with van der Waals surface area (Å²) in [6.45, 7) is 11.0. The Morgan fingerprint density at radius 3 is 1.54 bits per heavy atom. The molecule has 0 bridgehead atoms. The first-order chi connectivity index (χ1) is 5.81. The molecule has 0 unspecified atom stereocenters. The summed E-state index contributed by atoms with van der Waals surface area (Å²) in [5.74, 6) is 0. The summed E-state index contributed by atoms with van der Waals surface area (Å²) in [5.41, 5.74) is 1.07. The van der Waals surface area contributed by atoms with Gasteiger partial charge in [0.2, 0.25) is 0 Å². The summed E-state index contributed by atoms with van der Waals surface area (Å²) in [5, 5.41) is 0.